The lowest BCUT2D eigenvalue weighted by Crippen LogP contribution is -2.45. The highest BCUT2D eigenvalue weighted by Gasteiger charge is 2.28. The number of carboxylic acid groups (broad SMARTS) is 1. The molecule has 3 atom stereocenters. The first kappa shape index (κ1) is 15.8. The van der Waals surface area contributed by atoms with Crippen LogP contribution in [0.5, 0.6) is 0 Å². The second-order valence-electron chi connectivity index (χ2n) is 6.40. The largest absolute Gasteiger partial charge is 0.478 e. The van der Waals surface area contributed by atoms with Crippen molar-refractivity contribution in [3.05, 3.63) is 41.5 Å². The van der Waals surface area contributed by atoms with Crippen LogP contribution in [0.4, 0.5) is 0 Å². The molecule has 21 heavy (non-hydrogen) atoms. The van der Waals surface area contributed by atoms with Gasteiger partial charge in [0.25, 0.3) is 0 Å². The molecule has 3 unspecified atom stereocenters. The van der Waals surface area contributed by atoms with Gasteiger partial charge in [-0.15, -0.1) is 0 Å². The molecule has 2 rings (SSSR count). The maximum atomic E-state index is 10.5. The summed E-state index contributed by atoms with van der Waals surface area (Å²) in [4.78, 5) is 13.1. The summed E-state index contributed by atoms with van der Waals surface area (Å²) in [6, 6.07) is 8.77. The van der Waals surface area contributed by atoms with E-state index in [1.807, 2.05) is 12.1 Å². The number of aliphatic carboxylic acids is 1. The van der Waals surface area contributed by atoms with E-state index in [1.54, 1.807) is 6.08 Å². The van der Waals surface area contributed by atoms with Gasteiger partial charge in [-0.2, -0.15) is 0 Å². The van der Waals surface area contributed by atoms with Crippen LogP contribution in [0.1, 0.15) is 38.3 Å². The Labute approximate surface area is 127 Å². The molecule has 0 aromatic heterocycles. The molecule has 114 valence electrons. The zero-order chi connectivity index (χ0) is 15.4. The van der Waals surface area contributed by atoms with Gasteiger partial charge in [0, 0.05) is 25.2 Å². The van der Waals surface area contributed by atoms with Gasteiger partial charge in [-0.25, -0.2) is 4.79 Å². The number of carbonyl (C=O) groups is 1. The van der Waals surface area contributed by atoms with Crippen LogP contribution < -0.4 is 0 Å². The van der Waals surface area contributed by atoms with Gasteiger partial charge < -0.3 is 5.11 Å². The second-order valence-corrected chi connectivity index (χ2v) is 6.40. The van der Waals surface area contributed by atoms with Crippen molar-refractivity contribution in [3.8, 4) is 0 Å². The Bertz CT molecular complexity index is 506. The van der Waals surface area contributed by atoms with Crippen LogP contribution in [0, 0.1) is 11.8 Å². The third kappa shape index (κ3) is 4.43. The smallest absolute Gasteiger partial charge is 0.328 e. The average Bonchev–Trinajstić information content (AvgIpc) is 2.43. The Kier molecular flexibility index (Phi) is 5.18. The molecule has 1 fully saturated rings. The molecule has 0 radical (unpaired) electrons. The van der Waals surface area contributed by atoms with Crippen LogP contribution in [-0.4, -0.2) is 28.6 Å². The molecule has 0 saturated carbocycles. The lowest BCUT2D eigenvalue weighted by Gasteiger charge is -2.41. The normalized spacial score (nSPS) is 27.1. The molecule has 1 aliphatic rings. The minimum absolute atomic E-state index is 0.618. The van der Waals surface area contributed by atoms with E-state index >= 15 is 0 Å². The van der Waals surface area contributed by atoms with E-state index in [4.69, 9.17) is 5.11 Å². The molecule has 1 heterocycles. The molecule has 1 N–H and O–H groups in total. The van der Waals surface area contributed by atoms with Crippen LogP contribution >= 0.6 is 0 Å². The van der Waals surface area contributed by atoms with Crippen molar-refractivity contribution in [1.29, 1.82) is 0 Å². The molecule has 0 aliphatic carbocycles. The Hall–Kier alpha value is -1.61. The Balaban J connectivity index is 2.01. The highest BCUT2D eigenvalue weighted by molar-refractivity contribution is 5.85. The number of carboxylic acids is 1. The van der Waals surface area contributed by atoms with Gasteiger partial charge in [0.1, 0.15) is 0 Å². The predicted molar refractivity (Wildman–Crippen MR) is 85.9 cm³/mol. The minimum atomic E-state index is -0.913. The van der Waals surface area contributed by atoms with Gasteiger partial charge >= 0.3 is 5.97 Å². The monoisotopic (exact) mass is 287 g/mol. The summed E-state index contributed by atoms with van der Waals surface area (Å²) in [6.07, 6.45) is 4.11. The van der Waals surface area contributed by atoms with Gasteiger partial charge in [-0.3, -0.25) is 4.90 Å². The van der Waals surface area contributed by atoms with E-state index in [0.717, 1.165) is 30.5 Å². The van der Waals surface area contributed by atoms with Crippen molar-refractivity contribution in [2.75, 3.05) is 6.54 Å². The number of nitrogens with zero attached hydrogens (tertiary/aromatic N) is 1. The Morgan fingerprint density at radius 3 is 2.57 bits per heavy atom. The molecule has 3 heteroatoms. The van der Waals surface area contributed by atoms with Crippen LogP contribution in [0.15, 0.2) is 30.3 Å². The van der Waals surface area contributed by atoms with Crippen molar-refractivity contribution in [2.45, 2.75) is 39.8 Å². The summed E-state index contributed by atoms with van der Waals surface area (Å²) in [7, 11) is 0. The first-order chi connectivity index (χ1) is 9.95. The van der Waals surface area contributed by atoms with Crippen molar-refractivity contribution >= 4 is 12.0 Å². The number of hydrogen-bond donors (Lipinski definition) is 1. The van der Waals surface area contributed by atoms with Crippen LogP contribution in [0.2, 0.25) is 0 Å². The summed E-state index contributed by atoms with van der Waals surface area (Å²) in [5, 5.41) is 8.63. The maximum Gasteiger partial charge on any atom is 0.328 e. The van der Waals surface area contributed by atoms with Gasteiger partial charge in [0.15, 0.2) is 0 Å². The van der Waals surface area contributed by atoms with E-state index < -0.39 is 5.97 Å². The van der Waals surface area contributed by atoms with Crippen molar-refractivity contribution in [3.63, 3.8) is 0 Å². The molecule has 1 aliphatic heterocycles. The molecule has 1 saturated heterocycles. The number of rotatable bonds is 4. The van der Waals surface area contributed by atoms with Crippen molar-refractivity contribution in [2.24, 2.45) is 11.8 Å². The first-order valence-electron chi connectivity index (χ1n) is 7.69. The molecule has 0 amide bonds. The zero-order valence-electron chi connectivity index (χ0n) is 13.1. The van der Waals surface area contributed by atoms with E-state index in [2.05, 4.69) is 37.8 Å². The zero-order valence-corrected chi connectivity index (χ0v) is 13.1. The third-order valence-corrected chi connectivity index (χ3v) is 4.50. The highest BCUT2D eigenvalue weighted by Crippen LogP contribution is 2.28. The van der Waals surface area contributed by atoms with Gasteiger partial charge in [-0.05, 0) is 42.4 Å². The lowest BCUT2D eigenvalue weighted by molar-refractivity contribution is -0.131. The number of piperidine rings is 1. The number of likely N-dealkylation sites (tertiary alicyclic amines) is 1. The quantitative estimate of drug-likeness (QED) is 0.859. The van der Waals surface area contributed by atoms with Gasteiger partial charge in [0.05, 0.1) is 0 Å². The Morgan fingerprint density at radius 2 is 1.95 bits per heavy atom. The summed E-state index contributed by atoms with van der Waals surface area (Å²) < 4.78 is 0. The van der Waals surface area contributed by atoms with E-state index in [-0.39, 0.29) is 0 Å². The minimum Gasteiger partial charge on any atom is -0.478 e. The van der Waals surface area contributed by atoms with Crippen molar-refractivity contribution in [1.82, 2.24) is 4.90 Å². The molecule has 0 spiro atoms. The number of benzene rings is 1. The lowest BCUT2D eigenvalue weighted by atomic mass is 9.86. The van der Waals surface area contributed by atoms with E-state index in [0.29, 0.717) is 6.04 Å². The average molecular weight is 287 g/mol. The molecule has 3 nitrogen and oxygen atoms in total. The van der Waals surface area contributed by atoms with Crippen LogP contribution in [0.25, 0.3) is 6.08 Å². The molecular weight excluding hydrogens is 262 g/mol. The van der Waals surface area contributed by atoms with E-state index in [1.165, 1.54) is 18.1 Å². The van der Waals surface area contributed by atoms with Crippen molar-refractivity contribution < 1.29 is 9.90 Å². The molecule has 1 aromatic rings. The summed E-state index contributed by atoms with van der Waals surface area (Å²) in [5.41, 5.74) is 2.21. The summed E-state index contributed by atoms with van der Waals surface area (Å²) >= 11 is 0. The van der Waals surface area contributed by atoms with E-state index in [9.17, 15) is 4.79 Å². The number of hydrogen-bond acceptors (Lipinski definition) is 2. The molecule has 1 aromatic carbocycles. The fourth-order valence-electron chi connectivity index (χ4n) is 3.18. The standard InChI is InChI=1S/C18H25NO2/c1-13-10-14(2)15(3)19(11-13)12-17-6-4-16(5-7-17)8-9-18(20)21/h4-9,13-15H,10-12H2,1-3H3,(H,20,21)/b9-8+. The Morgan fingerprint density at radius 1 is 1.29 bits per heavy atom. The maximum absolute atomic E-state index is 10.5. The SMILES string of the molecule is CC1CC(C)C(C)N(Cc2ccc(/C=C/C(=O)O)cc2)C1. The fraction of sp³-hybridized carbons (Fsp3) is 0.500. The molecular formula is C18H25NO2. The second kappa shape index (κ2) is 6.90. The van der Waals surface area contributed by atoms with Crippen LogP contribution in [-0.2, 0) is 11.3 Å². The van der Waals surface area contributed by atoms with Gasteiger partial charge in [-0.1, -0.05) is 38.1 Å². The summed E-state index contributed by atoms with van der Waals surface area (Å²) in [5.74, 6) is 0.588. The predicted octanol–water partition coefficient (Wildman–Crippen LogP) is 3.65. The fourth-order valence-corrected chi connectivity index (χ4v) is 3.18. The van der Waals surface area contributed by atoms with Gasteiger partial charge in [0.2, 0.25) is 0 Å². The van der Waals surface area contributed by atoms with Crippen LogP contribution in [0.3, 0.4) is 0 Å². The highest BCUT2D eigenvalue weighted by atomic mass is 16.4. The molecule has 0 bridgehead atoms. The first-order valence-corrected chi connectivity index (χ1v) is 7.69. The summed E-state index contributed by atoms with van der Waals surface area (Å²) in [6.45, 7) is 9.12. The topological polar surface area (TPSA) is 40.5 Å². The third-order valence-electron chi connectivity index (χ3n) is 4.50.